The molecule has 0 unspecified atom stereocenters. The van der Waals surface area contributed by atoms with Crippen LogP contribution >= 0.6 is 0 Å². The van der Waals surface area contributed by atoms with Crippen molar-refractivity contribution in [3.05, 3.63) is 35.2 Å². The van der Waals surface area contributed by atoms with Gasteiger partial charge in [-0.25, -0.2) is 4.39 Å². The van der Waals surface area contributed by atoms with E-state index in [1.54, 1.807) is 0 Å². The molecule has 0 amide bonds. The van der Waals surface area contributed by atoms with E-state index in [0.717, 1.165) is 24.3 Å². The molecule has 0 spiro atoms. The summed E-state index contributed by atoms with van der Waals surface area (Å²) in [4.78, 5) is 0. The van der Waals surface area contributed by atoms with Crippen LogP contribution in [0.5, 0.6) is 5.75 Å². The van der Waals surface area contributed by atoms with Crippen LogP contribution in [0.25, 0.3) is 6.08 Å². The second-order valence-electron chi connectivity index (χ2n) is 2.84. The fourth-order valence-corrected chi connectivity index (χ4v) is 1.08. The Morgan fingerprint density at radius 2 is 1.94 bits per heavy atom. The zero-order chi connectivity index (χ0) is 12.8. The molecule has 0 aliphatic carbocycles. The summed E-state index contributed by atoms with van der Waals surface area (Å²) >= 11 is 0. The van der Waals surface area contributed by atoms with Crippen molar-refractivity contribution >= 4 is 6.08 Å². The Labute approximate surface area is 95.0 Å². The quantitative estimate of drug-likeness (QED) is 0.761. The van der Waals surface area contributed by atoms with Gasteiger partial charge in [-0.2, -0.15) is 19.3 Å². The first-order valence-corrected chi connectivity index (χ1v) is 4.33. The van der Waals surface area contributed by atoms with Crippen molar-refractivity contribution in [2.24, 2.45) is 0 Å². The minimum absolute atomic E-state index is 0.0941. The average molecular weight is 238 g/mol. The van der Waals surface area contributed by atoms with Gasteiger partial charge in [0.15, 0.2) is 0 Å². The Morgan fingerprint density at radius 1 is 1.29 bits per heavy atom. The lowest BCUT2D eigenvalue weighted by atomic mass is 10.1. The zero-order valence-corrected chi connectivity index (χ0v) is 8.32. The molecule has 86 valence electrons. The van der Waals surface area contributed by atoms with Crippen LogP contribution in [0, 0.1) is 28.5 Å². The molecule has 0 heterocycles. The summed E-state index contributed by atoms with van der Waals surface area (Å²) in [7, 11) is 0. The predicted molar refractivity (Wildman–Crippen MR) is 52.2 cm³/mol. The number of alkyl halides is 2. The van der Waals surface area contributed by atoms with Crippen LogP contribution in [0.4, 0.5) is 13.2 Å². The standard InChI is InChI=1S/C11H5F3N2O/c12-9-1-2-10(17-11(13)14)8(4-9)3-7(5-15)6-16/h1-4,11H. The first kappa shape index (κ1) is 12.6. The molecule has 0 bridgehead atoms. The van der Waals surface area contributed by atoms with Crippen molar-refractivity contribution in [1.82, 2.24) is 0 Å². The molecule has 0 aromatic heterocycles. The Kier molecular flexibility index (Phi) is 4.13. The minimum Gasteiger partial charge on any atom is -0.434 e. The van der Waals surface area contributed by atoms with Gasteiger partial charge in [0, 0.05) is 5.56 Å². The highest BCUT2D eigenvalue weighted by Crippen LogP contribution is 2.24. The lowest BCUT2D eigenvalue weighted by Gasteiger charge is -2.07. The molecule has 1 aromatic carbocycles. The number of hydrogen-bond acceptors (Lipinski definition) is 3. The molecular weight excluding hydrogens is 233 g/mol. The maximum atomic E-state index is 12.9. The highest BCUT2D eigenvalue weighted by Gasteiger charge is 2.10. The molecule has 0 fully saturated rings. The van der Waals surface area contributed by atoms with E-state index in [1.165, 1.54) is 12.1 Å². The number of benzene rings is 1. The van der Waals surface area contributed by atoms with Crippen molar-refractivity contribution in [2.75, 3.05) is 0 Å². The monoisotopic (exact) mass is 238 g/mol. The Morgan fingerprint density at radius 3 is 2.47 bits per heavy atom. The molecule has 0 N–H and O–H groups in total. The van der Waals surface area contributed by atoms with Gasteiger partial charge >= 0.3 is 6.61 Å². The number of allylic oxidation sites excluding steroid dienone is 1. The molecule has 3 nitrogen and oxygen atoms in total. The molecular formula is C11H5F3N2O. The molecule has 0 atom stereocenters. The summed E-state index contributed by atoms with van der Waals surface area (Å²) in [5, 5.41) is 17.0. The topological polar surface area (TPSA) is 56.8 Å². The Bertz CT molecular complexity index is 510. The SMILES string of the molecule is N#CC(C#N)=Cc1cc(F)ccc1OC(F)F. The highest BCUT2D eigenvalue weighted by atomic mass is 19.3. The number of rotatable bonds is 3. The van der Waals surface area contributed by atoms with Gasteiger partial charge in [-0.05, 0) is 24.3 Å². The minimum atomic E-state index is -3.07. The average Bonchev–Trinajstić information content (AvgIpc) is 2.28. The van der Waals surface area contributed by atoms with Crippen molar-refractivity contribution in [3.8, 4) is 17.9 Å². The smallest absolute Gasteiger partial charge is 0.387 e. The molecule has 0 aliphatic heterocycles. The number of halogens is 3. The summed E-state index contributed by atoms with van der Waals surface area (Å²) in [6.07, 6.45) is 0.973. The fourth-order valence-electron chi connectivity index (χ4n) is 1.08. The van der Waals surface area contributed by atoms with E-state index in [-0.39, 0.29) is 16.9 Å². The van der Waals surface area contributed by atoms with Crippen molar-refractivity contribution in [1.29, 1.82) is 10.5 Å². The molecule has 0 aliphatic rings. The first-order chi connectivity index (χ1) is 8.06. The normalized spacial score (nSPS) is 9.29. The van der Waals surface area contributed by atoms with Gasteiger partial charge in [0.2, 0.25) is 0 Å². The second-order valence-corrected chi connectivity index (χ2v) is 2.84. The fraction of sp³-hybridized carbons (Fsp3) is 0.0909. The third kappa shape index (κ3) is 3.54. The van der Waals surface area contributed by atoms with Crippen LogP contribution < -0.4 is 4.74 Å². The molecule has 0 saturated carbocycles. The van der Waals surface area contributed by atoms with E-state index in [9.17, 15) is 13.2 Å². The van der Waals surface area contributed by atoms with Gasteiger partial charge in [0.25, 0.3) is 0 Å². The van der Waals surface area contributed by atoms with E-state index in [2.05, 4.69) is 4.74 Å². The van der Waals surface area contributed by atoms with E-state index < -0.39 is 12.4 Å². The molecule has 17 heavy (non-hydrogen) atoms. The van der Waals surface area contributed by atoms with Gasteiger partial charge in [0.1, 0.15) is 29.3 Å². The lowest BCUT2D eigenvalue weighted by Crippen LogP contribution is -2.03. The van der Waals surface area contributed by atoms with Gasteiger partial charge in [0.05, 0.1) is 0 Å². The molecule has 6 heteroatoms. The Balaban J connectivity index is 3.22. The molecule has 0 saturated heterocycles. The maximum Gasteiger partial charge on any atom is 0.387 e. The van der Waals surface area contributed by atoms with E-state index in [0.29, 0.717) is 0 Å². The van der Waals surface area contributed by atoms with Crippen molar-refractivity contribution in [2.45, 2.75) is 6.61 Å². The van der Waals surface area contributed by atoms with Gasteiger partial charge in [-0.3, -0.25) is 0 Å². The van der Waals surface area contributed by atoms with Crippen LogP contribution in [0.2, 0.25) is 0 Å². The summed E-state index contributed by atoms with van der Waals surface area (Å²) in [5.74, 6) is -0.988. The summed E-state index contributed by atoms with van der Waals surface area (Å²) in [5.41, 5.74) is -0.432. The van der Waals surface area contributed by atoms with Gasteiger partial charge in [-0.15, -0.1) is 0 Å². The first-order valence-electron chi connectivity index (χ1n) is 4.33. The van der Waals surface area contributed by atoms with Crippen LogP contribution in [0.1, 0.15) is 5.56 Å². The second kappa shape index (κ2) is 5.57. The summed E-state index contributed by atoms with van der Waals surface area (Å²) in [6.45, 7) is -3.07. The highest BCUT2D eigenvalue weighted by molar-refractivity contribution is 5.66. The number of nitrogens with zero attached hydrogens (tertiary/aromatic N) is 2. The molecule has 0 radical (unpaired) electrons. The number of ether oxygens (including phenoxy) is 1. The molecule has 1 aromatic rings. The van der Waals surface area contributed by atoms with Crippen molar-refractivity contribution < 1.29 is 17.9 Å². The number of hydrogen-bond donors (Lipinski definition) is 0. The lowest BCUT2D eigenvalue weighted by molar-refractivity contribution is -0.0500. The van der Waals surface area contributed by atoms with Crippen molar-refractivity contribution in [3.63, 3.8) is 0 Å². The van der Waals surface area contributed by atoms with Crippen LogP contribution in [-0.4, -0.2) is 6.61 Å². The number of nitriles is 2. The van der Waals surface area contributed by atoms with Crippen LogP contribution in [0.3, 0.4) is 0 Å². The van der Waals surface area contributed by atoms with Gasteiger partial charge in [-0.1, -0.05) is 0 Å². The van der Waals surface area contributed by atoms with Crippen LogP contribution in [-0.2, 0) is 0 Å². The Hall–Kier alpha value is -2.47. The van der Waals surface area contributed by atoms with Gasteiger partial charge < -0.3 is 4.74 Å². The molecule has 1 rings (SSSR count). The zero-order valence-electron chi connectivity index (χ0n) is 8.32. The van der Waals surface area contributed by atoms with E-state index >= 15 is 0 Å². The van der Waals surface area contributed by atoms with E-state index in [4.69, 9.17) is 10.5 Å². The predicted octanol–water partition coefficient (Wildman–Crippen LogP) is 2.86. The van der Waals surface area contributed by atoms with E-state index in [1.807, 2.05) is 0 Å². The third-order valence-electron chi connectivity index (χ3n) is 1.73. The van der Waals surface area contributed by atoms with Crippen LogP contribution in [0.15, 0.2) is 23.8 Å². The largest absolute Gasteiger partial charge is 0.434 e. The third-order valence-corrected chi connectivity index (χ3v) is 1.73. The summed E-state index contributed by atoms with van der Waals surface area (Å²) < 4.78 is 41.1. The maximum absolute atomic E-state index is 12.9. The summed E-state index contributed by atoms with van der Waals surface area (Å²) in [6, 6.07) is 5.90.